The molecule has 0 N–H and O–H groups in total. The van der Waals surface area contributed by atoms with Crippen molar-refractivity contribution < 1.29 is 26.8 Å². The highest BCUT2D eigenvalue weighted by Crippen LogP contribution is 2.29. The molecule has 1 aliphatic rings. The highest BCUT2D eigenvalue weighted by atomic mass is 32.2. The van der Waals surface area contributed by atoms with E-state index >= 15 is 0 Å². The third-order valence-corrected chi connectivity index (χ3v) is 6.85. The summed E-state index contributed by atoms with van der Waals surface area (Å²) in [4.78, 5) is 14.0. The zero-order valence-corrected chi connectivity index (χ0v) is 16.5. The lowest BCUT2D eigenvalue weighted by molar-refractivity contribution is 0.0668. The molecule has 4 rings (SSSR count). The second-order valence-electron chi connectivity index (χ2n) is 6.62. The first-order valence-electron chi connectivity index (χ1n) is 9.02. The molecule has 0 radical (unpaired) electrons. The lowest BCUT2D eigenvalue weighted by atomic mass is 10.2. The Morgan fingerprint density at radius 2 is 1.79 bits per heavy atom. The van der Waals surface area contributed by atoms with Gasteiger partial charge in [-0.2, -0.15) is 4.31 Å². The normalized spacial score (nSPS) is 15.6. The van der Waals surface area contributed by atoms with Crippen molar-refractivity contribution in [2.75, 3.05) is 33.3 Å². The first-order valence-corrected chi connectivity index (χ1v) is 10.5. The van der Waals surface area contributed by atoms with Gasteiger partial charge in [0, 0.05) is 31.6 Å². The highest BCUT2D eigenvalue weighted by molar-refractivity contribution is 7.89. The lowest BCUT2D eigenvalue weighted by Crippen LogP contribution is -2.50. The number of fused-ring (bicyclic) bond motifs is 1. The fourth-order valence-corrected chi connectivity index (χ4v) is 4.87. The number of sulfonamides is 1. The summed E-state index contributed by atoms with van der Waals surface area (Å²) in [5.74, 6) is -0.425. The quantitative estimate of drug-likeness (QED) is 0.651. The Balaban J connectivity index is 1.50. The topological polar surface area (TPSA) is 80.1 Å². The van der Waals surface area contributed by atoms with Crippen molar-refractivity contribution in [2.24, 2.45) is 0 Å². The summed E-state index contributed by atoms with van der Waals surface area (Å²) in [7, 11) is -2.43. The second-order valence-corrected chi connectivity index (χ2v) is 8.52. The van der Waals surface area contributed by atoms with Crippen LogP contribution in [0.25, 0.3) is 11.0 Å². The number of furan rings is 1. The molecular weight excluding hydrogens is 399 g/mol. The number of carbonyl (C=O) groups excluding carboxylic acids is 1. The van der Waals surface area contributed by atoms with Gasteiger partial charge >= 0.3 is 0 Å². The van der Waals surface area contributed by atoms with Crippen LogP contribution in [0.5, 0.6) is 5.75 Å². The van der Waals surface area contributed by atoms with Crippen LogP contribution in [0.15, 0.2) is 57.8 Å². The molecule has 0 atom stereocenters. The summed E-state index contributed by atoms with van der Waals surface area (Å²) in [5, 5.41) is 0.744. The van der Waals surface area contributed by atoms with Crippen LogP contribution in [0.3, 0.4) is 0 Å². The molecule has 9 heteroatoms. The molecule has 0 spiro atoms. The van der Waals surface area contributed by atoms with E-state index in [1.807, 2.05) is 6.07 Å². The Morgan fingerprint density at radius 1 is 1.07 bits per heavy atom. The van der Waals surface area contributed by atoms with Crippen LogP contribution >= 0.6 is 0 Å². The number of piperazine rings is 1. The second kappa shape index (κ2) is 7.49. The number of halogens is 1. The molecule has 3 aromatic rings. The zero-order valence-electron chi connectivity index (χ0n) is 15.7. The fraction of sp³-hybridized carbons (Fsp3) is 0.250. The van der Waals surface area contributed by atoms with Crippen LogP contribution in [0.4, 0.5) is 4.39 Å². The van der Waals surface area contributed by atoms with Crippen molar-refractivity contribution >= 4 is 26.9 Å². The molecule has 0 unspecified atom stereocenters. The summed E-state index contributed by atoms with van der Waals surface area (Å²) in [6.45, 7) is 0.513. The SMILES string of the molecule is COc1cccc2cc(C(=O)N3CCN(S(=O)(=O)c4ccccc4F)CC3)oc12. The van der Waals surface area contributed by atoms with E-state index in [1.54, 1.807) is 18.2 Å². The van der Waals surface area contributed by atoms with Gasteiger partial charge in [0.2, 0.25) is 10.0 Å². The van der Waals surface area contributed by atoms with Crippen molar-refractivity contribution in [1.82, 2.24) is 9.21 Å². The lowest BCUT2D eigenvalue weighted by Gasteiger charge is -2.33. The molecule has 2 aromatic carbocycles. The van der Waals surface area contributed by atoms with Crippen LogP contribution < -0.4 is 4.74 Å². The van der Waals surface area contributed by atoms with Crippen molar-refractivity contribution in [3.8, 4) is 5.75 Å². The molecule has 1 amide bonds. The average Bonchev–Trinajstić information content (AvgIpc) is 3.18. The number of para-hydroxylation sites is 1. The maximum Gasteiger partial charge on any atom is 0.289 e. The molecule has 152 valence electrons. The predicted molar refractivity (Wildman–Crippen MR) is 104 cm³/mol. The van der Waals surface area contributed by atoms with Gasteiger partial charge in [0.1, 0.15) is 10.7 Å². The van der Waals surface area contributed by atoms with Gasteiger partial charge in [-0.05, 0) is 24.3 Å². The zero-order chi connectivity index (χ0) is 20.6. The van der Waals surface area contributed by atoms with Gasteiger partial charge in [0.25, 0.3) is 5.91 Å². The van der Waals surface area contributed by atoms with Gasteiger partial charge in [-0.3, -0.25) is 4.79 Å². The predicted octanol–water partition coefficient (Wildman–Crippen LogP) is 2.73. The number of hydrogen-bond acceptors (Lipinski definition) is 5. The molecule has 7 nitrogen and oxygen atoms in total. The first kappa shape index (κ1) is 19.4. The van der Waals surface area contributed by atoms with E-state index in [0.717, 1.165) is 11.5 Å². The Labute approximate surface area is 167 Å². The summed E-state index contributed by atoms with van der Waals surface area (Å²) >= 11 is 0. The van der Waals surface area contributed by atoms with Crippen LogP contribution in [-0.2, 0) is 10.0 Å². The minimum atomic E-state index is -3.96. The summed E-state index contributed by atoms with van der Waals surface area (Å²) in [6.07, 6.45) is 0. The van der Waals surface area contributed by atoms with Crippen LogP contribution in [0.2, 0.25) is 0 Å². The fourth-order valence-electron chi connectivity index (χ4n) is 3.38. The molecule has 1 aliphatic heterocycles. The number of amides is 1. The number of rotatable bonds is 4. The highest BCUT2D eigenvalue weighted by Gasteiger charge is 2.32. The van der Waals surface area contributed by atoms with Crippen molar-refractivity contribution in [3.63, 3.8) is 0 Å². The number of ether oxygens (including phenoxy) is 1. The van der Waals surface area contributed by atoms with Gasteiger partial charge in [0.15, 0.2) is 17.1 Å². The molecule has 0 saturated carbocycles. The van der Waals surface area contributed by atoms with E-state index in [9.17, 15) is 17.6 Å². The van der Waals surface area contributed by atoms with E-state index in [1.165, 1.54) is 34.5 Å². The van der Waals surface area contributed by atoms with E-state index in [4.69, 9.17) is 9.15 Å². The number of carbonyl (C=O) groups is 1. The number of hydrogen-bond donors (Lipinski definition) is 0. The summed E-state index contributed by atoms with van der Waals surface area (Å²) in [5.41, 5.74) is 0.485. The first-order chi connectivity index (χ1) is 13.9. The van der Waals surface area contributed by atoms with E-state index in [2.05, 4.69) is 0 Å². The monoisotopic (exact) mass is 418 g/mol. The van der Waals surface area contributed by atoms with Crippen molar-refractivity contribution in [3.05, 3.63) is 60.1 Å². The minimum absolute atomic E-state index is 0.0754. The Kier molecular flexibility index (Phi) is 5.01. The Hall–Kier alpha value is -2.91. The summed E-state index contributed by atoms with van der Waals surface area (Å²) < 4.78 is 51.4. The Morgan fingerprint density at radius 3 is 2.48 bits per heavy atom. The molecule has 2 heterocycles. The van der Waals surface area contributed by atoms with Crippen LogP contribution in [0.1, 0.15) is 10.6 Å². The number of nitrogens with zero attached hydrogens (tertiary/aromatic N) is 2. The Bertz CT molecular complexity index is 1170. The van der Waals surface area contributed by atoms with Crippen LogP contribution in [-0.4, -0.2) is 56.8 Å². The van der Waals surface area contributed by atoms with E-state index in [-0.39, 0.29) is 42.7 Å². The molecule has 1 saturated heterocycles. The number of benzene rings is 2. The maximum atomic E-state index is 13.9. The standard InChI is InChI=1S/C20H19FN2O5S/c1-27-16-7-4-5-14-13-17(28-19(14)16)20(24)22-9-11-23(12-10-22)29(25,26)18-8-3-2-6-15(18)21/h2-8,13H,9-12H2,1H3. The molecule has 0 aliphatic carbocycles. The molecule has 1 aromatic heterocycles. The molecular formula is C20H19FN2O5S. The molecule has 1 fully saturated rings. The molecule has 29 heavy (non-hydrogen) atoms. The van der Waals surface area contributed by atoms with E-state index < -0.39 is 15.8 Å². The largest absolute Gasteiger partial charge is 0.493 e. The third kappa shape index (κ3) is 3.47. The van der Waals surface area contributed by atoms with Crippen molar-refractivity contribution in [1.29, 1.82) is 0 Å². The van der Waals surface area contributed by atoms with Gasteiger partial charge in [-0.15, -0.1) is 0 Å². The maximum absolute atomic E-state index is 13.9. The number of methoxy groups -OCH3 is 1. The third-order valence-electron chi connectivity index (χ3n) is 4.92. The van der Waals surface area contributed by atoms with Gasteiger partial charge in [0.05, 0.1) is 7.11 Å². The van der Waals surface area contributed by atoms with Gasteiger partial charge in [-0.1, -0.05) is 24.3 Å². The smallest absolute Gasteiger partial charge is 0.289 e. The summed E-state index contributed by atoms with van der Waals surface area (Å²) in [6, 6.07) is 12.3. The van der Waals surface area contributed by atoms with Gasteiger partial charge in [-0.25, -0.2) is 12.8 Å². The minimum Gasteiger partial charge on any atom is -0.493 e. The van der Waals surface area contributed by atoms with Gasteiger partial charge < -0.3 is 14.1 Å². The van der Waals surface area contributed by atoms with Crippen LogP contribution in [0, 0.1) is 5.82 Å². The van der Waals surface area contributed by atoms with Crippen molar-refractivity contribution in [2.45, 2.75) is 4.90 Å². The average molecular weight is 418 g/mol. The molecule has 0 bridgehead atoms. The van der Waals surface area contributed by atoms with E-state index in [0.29, 0.717) is 11.3 Å².